The van der Waals surface area contributed by atoms with Crippen molar-refractivity contribution in [2.24, 2.45) is 11.8 Å². The van der Waals surface area contributed by atoms with Gasteiger partial charge < -0.3 is 10.5 Å². The van der Waals surface area contributed by atoms with Crippen molar-refractivity contribution < 1.29 is 4.74 Å². The second kappa shape index (κ2) is 4.79. The maximum Gasteiger partial charge on any atom is 0.153 e. The van der Waals surface area contributed by atoms with Gasteiger partial charge in [-0.05, 0) is 49.3 Å². The Labute approximate surface area is 124 Å². The molecule has 21 heavy (non-hydrogen) atoms. The molecule has 2 saturated carbocycles. The van der Waals surface area contributed by atoms with Crippen LogP contribution in [0.5, 0.6) is 5.75 Å². The van der Waals surface area contributed by atoms with Gasteiger partial charge in [0.1, 0.15) is 5.75 Å². The topological polar surface area (TPSA) is 63.9 Å². The number of nitrogens with one attached hydrogen (secondary N) is 1. The van der Waals surface area contributed by atoms with Crippen LogP contribution in [0.1, 0.15) is 37.8 Å². The smallest absolute Gasteiger partial charge is 0.153 e. The second-order valence-corrected chi connectivity index (χ2v) is 6.14. The zero-order valence-corrected chi connectivity index (χ0v) is 12.3. The third kappa shape index (κ3) is 2.01. The molecule has 0 radical (unpaired) electrons. The molecular weight excluding hydrogens is 262 g/mol. The van der Waals surface area contributed by atoms with Crippen LogP contribution in [0.3, 0.4) is 0 Å². The number of hydrogen-bond acceptors (Lipinski definition) is 3. The number of nitrogens with two attached hydrogens (primary N) is 1. The highest BCUT2D eigenvalue weighted by Gasteiger charge is 2.54. The van der Waals surface area contributed by atoms with Crippen LogP contribution in [0.4, 0.5) is 5.82 Å². The van der Waals surface area contributed by atoms with Crippen molar-refractivity contribution in [3.8, 4) is 16.9 Å². The third-order valence-corrected chi connectivity index (χ3v) is 5.02. The summed E-state index contributed by atoms with van der Waals surface area (Å²) in [5, 5.41) is 7.46. The van der Waals surface area contributed by atoms with Gasteiger partial charge in [-0.3, -0.25) is 5.10 Å². The van der Waals surface area contributed by atoms with Crippen LogP contribution in [-0.2, 0) is 0 Å². The summed E-state index contributed by atoms with van der Waals surface area (Å²) in [5.41, 5.74) is 9.58. The Morgan fingerprint density at radius 1 is 1.24 bits per heavy atom. The van der Waals surface area contributed by atoms with Gasteiger partial charge in [0.15, 0.2) is 5.82 Å². The number of aromatic nitrogens is 2. The van der Waals surface area contributed by atoms with Crippen molar-refractivity contribution in [1.29, 1.82) is 0 Å². The lowest BCUT2D eigenvalue weighted by Gasteiger charge is -2.08. The minimum atomic E-state index is 0.610. The van der Waals surface area contributed by atoms with E-state index >= 15 is 0 Å². The van der Waals surface area contributed by atoms with E-state index in [-0.39, 0.29) is 0 Å². The number of benzene rings is 1. The molecule has 0 amide bonds. The molecule has 0 aliphatic heterocycles. The van der Waals surface area contributed by atoms with Crippen molar-refractivity contribution >= 4 is 5.82 Å². The monoisotopic (exact) mass is 283 g/mol. The van der Waals surface area contributed by atoms with E-state index in [1.165, 1.54) is 25.0 Å². The first-order chi connectivity index (χ1) is 10.3. The molecule has 110 valence electrons. The van der Waals surface area contributed by atoms with E-state index in [1.54, 1.807) is 0 Å². The zero-order valence-electron chi connectivity index (χ0n) is 12.3. The number of hydrogen-bond donors (Lipinski definition) is 2. The van der Waals surface area contributed by atoms with Crippen LogP contribution in [0, 0.1) is 11.8 Å². The molecule has 0 saturated heterocycles. The Hall–Kier alpha value is -1.97. The van der Waals surface area contributed by atoms with E-state index < -0.39 is 0 Å². The summed E-state index contributed by atoms with van der Waals surface area (Å²) in [4.78, 5) is 0. The van der Waals surface area contributed by atoms with Gasteiger partial charge in [0.25, 0.3) is 0 Å². The molecular formula is C17H21N3O. The van der Waals surface area contributed by atoms with E-state index in [0.717, 1.165) is 28.7 Å². The Kier molecular flexibility index (Phi) is 2.91. The Bertz CT molecular complexity index is 637. The van der Waals surface area contributed by atoms with E-state index in [1.807, 2.05) is 19.1 Å². The van der Waals surface area contributed by atoms with E-state index in [0.29, 0.717) is 18.3 Å². The van der Waals surface area contributed by atoms with Gasteiger partial charge in [0.2, 0.25) is 0 Å². The molecule has 2 unspecified atom stereocenters. The van der Waals surface area contributed by atoms with Crippen LogP contribution < -0.4 is 10.5 Å². The summed E-state index contributed by atoms with van der Waals surface area (Å²) in [7, 11) is 0. The average Bonchev–Trinajstić information content (AvgIpc) is 2.86. The fourth-order valence-corrected chi connectivity index (χ4v) is 4.05. The molecule has 2 fully saturated rings. The predicted molar refractivity (Wildman–Crippen MR) is 83.2 cm³/mol. The van der Waals surface area contributed by atoms with E-state index in [4.69, 9.17) is 10.5 Å². The number of nitrogen functional groups attached to an aromatic ring is 1. The molecule has 0 spiro atoms. The van der Waals surface area contributed by atoms with Crippen LogP contribution in [-0.4, -0.2) is 16.8 Å². The maximum atomic E-state index is 6.11. The SMILES string of the molecule is CCOc1ccc(-c2c(N)n[nH]c2C2C3CCCC32)cc1. The number of nitrogens with zero attached hydrogens (tertiary/aromatic N) is 1. The Balaban J connectivity index is 1.66. The number of aromatic amines is 1. The molecule has 2 atom stereocenters. The Morgan fingerprint density at radius 3 is 2.62 bits per heavy atom. The molecule has 4 rings (SSSR count). The highest BCUT2D eigenvalue weighted by molar-refractivity contribution is 5.77. The number of rotatable bonds is 4. The molecule has 4 nitrogen and oxygen atoms in total. The van der Waals surface area contributed by atoms with Crippen LogP contribution in [0.2, 0.25) is 0 Å². The number of fused-ring (bicyclic) bond motifs is 1. The van der Waals surface area contributed by atoms with Gasteiger partial charge in [0.05, 0.1) is 6.61 Å². The molecule has 1 aromatic heterocycles. The minimum absolute atomic E-state index is 0.610. The number of H-pyrrole nitrogens is 1. The number of ether oxygens (including phenoxy) is 1. The van der Waals surface area contributed by atoms with Gasteiger partial charge in [-0.15, -0.1) is 0 Å². The first kappa shape index (κ1) is 12.7. The highest BCUT2D eigenvalue weighted by Crippen LogP contribution is 2.64. The molecule has 2 aliphatic rings. The molecule has 2 aliphatic carbocycles. The first-order valence-corrected chi connectivity index (χ1v) is 7.86. The lowest BCUT2D eigenvalue weighted by atomic mass is 9.99. The quantitative estimate of drug-likeness (QED) is 0.901. The normalized spacial score (nSPS) is 26.6. The standard InChI is InChI=1S/C17H21N3O/c1-2-21-11-8-6-10(7-9-11)14-16(19-20-17(14)18)15-12-4-3-5-13(12)15/h6-9,12-13,15H,2-5H2,1H3,(H3,18,19,20). The fourth-order valence-electron chi connectivity index (χ4n) is 4.05. The van der Waals surface area contributed by atoms with Gasteiger partial charge in [-0.1, -0.05) is 18.6 Å². The van der Waals surface area contributed by atoms with Crippen molar-refractivity contribution in [3.63, 3.8) is 0 Å². The fraction of sp³-hybridized carbons (Fsp3) is 0.471. The largest absolute Gasteiger partial charge is 0.494 e. The first-order valence-electron chi connectivity index (χ1n) is 7.86. The summed E-state index contributed by atoms with van der Waals surface area (Å²) in [5.74, 6) is 3.86. The highest BCUT2D eigenvalue weighted by atomic mass is 16.5. The summed E-state index contributed by atoms with van der Waals surface area (Å²) >= 11 is 0. The van der Waals surface area contributed by atoms with Crippen LogP contribution >= 0.6 is 0 Å². The lowest BCUT2D eigenvalue weighted by molar-refractivity contribution is 0.340. The molecule has 3 N–H and O–H groups in total. The number of anilines is 1. The van der Waals surface area contributed by atoms with Gasteiger partial charge in [-0.2, -0.15) is 5.10 Å². The summed E-state index contributed by atoms with van der Waals surface area (Å²) < 4.78 is 5.50. The average molecular weight is 283 g/mol. The zero-order chi connectivity index (χ0) is 14.4. The molecule has 2 aromatic rings. The van der Waals surface area contributed by atoms with Gasteiger partial charge in [-0.25, -0.2) is 0 Å². The van der Waals surface area contributed by atoms with Crippen molar-refractivity contribution in [2.75, 3.05) is 12.3 Å². The lowest BCUT2D eigenvalue weighted by Crippen LogP contribution is -1.94. The minimum Gasteiger partial charge on any atom is -0.494 e. The summed E-state index contributed by atoms with van der Waals surface area (Å²) in [6.07, 6.45) is 4.10. The third-order valence-electron chi connectivity index (χ3n) is 5.02. The van der Waals surface area contributed by atoms with E-state index in [2.05, 4.69) is 22.3 Å². The molecule has 4 heteroatoms. The second-order valence-electron chi connectivity index (χ2n) is 6.14. The van der Waals surface area contributed by atoms with Crippen LogP contribution in [0.25, 0.3) is 11.1 Å². The van der Waals surface area contributed by atoms with Crippen molar-refractivity contribution in [1.82, 2.24) is 10.2 Å². The van der Waals surface area contributed by atoms with Gasteiger partial charge in [0, 0.05) is 17.2 Å². The molecule has 1 heterocycles. The molecule has 1 aromatic carbocycles. The maximum absolute atomic E-state index is 6.11. The van der Waals surface area contributed by atoms with Crippen LogP contribution in [0.15, 0.2) is 24.3 Å². The molecule has 0 bridgehead atoms. The summed E-state index contributed by atoms with van der Waals surface area (Å²) in [6.45, 7) is 2.68. The van der Waals surface area contributed by atoms with E-state index in [9.17, 15) is 0 Å². The summed E-state index contributed by atoms with van der Waals surface area (Å²) in [6, 6.07) is 8.16. The van der Waals surface area contributed by atoms with Crippen molar-refractivity contribution in [3.05, 3.63) is 30.0 Å². The predicted octanol–water partition coefficient (Wildman–Crippen LogP) is 3.57. The van der Waals surface area contributed by atoms with Crippen molar-refractivity contribution in [2.45, 2.75) is 32.1 Å². The Morgan fingerprint density at radius 2 is 1.95 bits per heavy atom. The van der Waals surface area contributed by atoms with Gasteiger partial charge >= 0.3 is 0 Å².